The summed E-state index contributed by atoms with van der Waals surface area (Å²) in [4.78, 5) is 0. The van der Waals surface area contributed by atoms with E-state index in [2.05, 4.69) is 11.2 Å². The third kappa shape index (κ3) is 3.90. The summed E-state index contributed by atoms with van der Waals surface area (Å²) in [6.45, 7) is 0.752. The van der Waals surface area contributed by atoms with Crippen LogP contribution < -0.4 is 11.1 Å². The Labute approximate surface area is 100 Å². The molecule has 98 valence electrons. The van der Waals surface area contributed by atoms with E-state index in [9.17, 15) is 13.2 Å². The molecule has 0 aromatic carbocycles. The molecule has 5 heteroatoms. The summed E-state index contributed by atoms with van der Waals surface area (Å²) in [5.74, 6) is 1.23. The highest BCUT2D eigenvalue weighted by atomic mass is 19.4. The summed E-state index contributed by atoms with van der Waals surface area (Å²) in [6.07, 6.45) is 3.05. The van der Waals surface area contributed by atoms with Crippen LogP contribution >= 0.6 is 0 Å². The molecular weight excluding hydrogens is 229 g/mol. The van der Waals surface area contributed by atoms with Crippen LogP contribution in [0.15, 0.2) is 0 Å². The Balaban J connectivity index is 2.62. The van der Waals surface area contributed by atoms with Crippen LogP contribution in [0, 0.1) is 18.3 Å². The van der Waals surface area contributed by atoms with Gasteiger partial charge in [0.2, 0.25) is 0 Å². The van der Waals surface area contributed by atoms with Gasteiger partial charge in [-0.15, -0.1) is 12.3 Å². The van der Waals surface area contributed by atoms with Crippen LogP contribution in [-0.2, 0) is 0 Å². The van der Waals surface area contributed by atoms with Gasteiger partial charge in [-0.25, -0.2) is 0 Å². The minimum atomic E-state index is -4.12. The number of halogens is 3. The van der Waals surface area contributed by atoms with Crippen LogP contribution in [0.2, 0.25) is 0 Å². The highest BCUT2D eigenvalue weighted by molar-refractivity contribution is 4.97. The van der Waals surface area contributed by atoms with Gasteiger partial charge in [-0.2, -0.15) is 13.2 Å². The zero-order chi connectivity index (χ0) is 12.9. The topological polar surface area (TPSA) is 38.0 Å². The molecule has 0 aliphatic heterocycles. The highest BCUT2D eigenvalue weighted by Gasteiger charge is 2.46. The summed E-state index contributed by atoms with van der Waals surface area (Å²) < 4.78 is 38.1. The van der Waals surface area contributed by atoms with Gasteiger partial charge in [0.25, 0.3) is 0 Å². The first-order valence-corrected chi connectivity index (χ1v) is 5.89. The van der Waals surface area contributed by atoms with Gasteiger partial charge in [-0.3, -0.25) is 0 Å². The predicted octanol–water partition coefficient (Wildman–Crippen LogP) is 2.05. The van der Waals surface area contributed by atoms with Crippen molar-refractivity contribution in [2.75, 3.05) is 13.1 Å². The molecule has 0 spiro atoms. The molecule has 2 atom stereocenters. The summed E-state index contributed by atoms with van der Waals surface area (Å²) in [7, 11) is 0. The van der Waals surface area contributed by atoms with Crippen molar-refractivity contribution in [2.45, 2.75) is 43.8 Å². The molecule has 0 bridgehead atoms. The molecule has 0 heterocycles. The molecule has 17 heavy (non-hydrogen) atoms. The van der Waals surface area contributed by atoms with E-state index >= 15 is 0 Å². The van der Waals surface area contributed by atoms with Crippen LogP contribution in [0.5, 0.6) is 0 Å². The van der Waals surface area contributed by atoms with Crippen molar-refractivity contribution in [1.82, 2.24) is 5.32 Å². The van der Waals surface area contributed by atoms with Gasteiger partial charge in [0, 0.05) is 25.0 Å². The van der Waals surface area contributed by atoms with Crippen LogP contribution in [0.3, 0.4) is 0 Å². The number of terminal acetylenes is 1. The Morgan fingerprint density at radius 2 is 2.18 bits per heavy atom. The second kappa shape index (κ2) is 5.74. The van der Waals surface area contributed by atoms with Gasteiger partial charge in [0.05, 0.1) is 5.92 Å². The SMILES string of the molecule is C#CCCNC1(CN)CCCC(C(F)(F)F)C1. The molecule has 1 saturated carbocycles. The number of nitrogens with two attached hydrogens (primary N) is 1. The Bertz CT molecular complexity index is 282. The average Bonchev–Trinajstić information content (AvgIpc) is 2.29. The normalized spacial score (nSPS) is 29.9. The lowest BCUT2D eigenvalue weighted by atomic mass is 9.75. The molecule has 1 aliphatic carbocycles. The second-order valence-corrected chi connectivity index (χ2v) is 4.70. The first-order valence-electron chi connectivity index (χ1n) is 5.89. The van der Waals surface area contributed by atoms with E-state index in [0.29, 0.717) is 25.8 Å². The maximum absolute atomic E-state index is 12.7. The maximum atomic E-state index is 12.7. The first-order chi connectivity index (χ1) is 7.93. The van der Waals surface area contributed by atoms with Crippen molar-refractivity contribution in [3.8, 4) is 12.3 Å². The number of hydrogen-bond acceptors (Lipinski definition) is 2. The standard InChI is InChI=1S/C12H19F3N2/c1-2-3-7-17-11(9-16)6-4-5-10(8-11)12(13,14)15/h1,10,17H,3-9,16H2. The van der Waals surface area contributed by atoms with Crippen molar-refractivity contribution in [2.24, 2.45) is 11.7 Å². The Kier molecular flexibility index (Phi) is 4.84. The zero-order valence-electron chi connectivity index (χ0n) is 9.82. The Morgan fingerprint density at radius 3 is 2.71 bits per heavy atom. The van der Waals surface area contributed by atoms with Crippen LogP contribution in [0.4, 0.5) is 13.2 Å². The number of alkyl halides is 3. The molecule has 0 saturated heterocycles. The predicted molar refractivity (Wildman–Crippen MR) is 61.3 cm³/mol. The Hall–Kier alpha value is -0.730. The molecule has 0 aromatic rings. The summed E-state index contributed by atoms with van der Waals surface area (Å²) in [6, 6.07) is 0. The third-order valence-electron chi connectivity index (χ3n) is 3.47. The molecule has 0 amide bonds. The quantitative estimate of drug-likeness (QED) is 0.590. The van der Waals surface area contributed by atoms with E-state index < -0.39 is 17.6 Å². The second-order valence-electron chi connectivity index (χ2n) is 4.70. The monoisotopic (exact) mass is 248 g/mol. The van der Waals surface area contributed by atoms with E-state index in [-0.39, 0.29) is 19.4 Å². The summed E-state index contributed by atoms with van der Waals surface area (Å²) >= 11 is 0. The molecule has 2 nitrogen and oxygen atoms in total. The van der Waals surface area contributed by atoms with Crippen molar-refractivity contribution >= 4 is 0 Å². The molecule has 3 N–H and O–H groups in total. The fourth-order valence-corrected chi connectivity index (χ4v) is 2.46. The van der Waals surface area contributed by atoms with Gasteiger partial charge < -0.3 is 11.1 Å². The third-order valence-corrected chi connectivity index (χ3v) is 3.47. The zero-order valence-corrected chi connectivity index (χ0v) is 9.82. The first kappa shape index (κ1) is 14.3. The maximum Gasteiger partial charge on any atom is 0.391 e. The number of nitrogens with one attached hydrogen (secondary N) is 1. The van der Waals surface area contributed by atoms with Gasteiger partial charge >= 0.3 is 6.18 Å². The number of hydrogen-bond donors (Lipinski definition) is 2. The van der Waals surface area contributed by atoms with Gasteiger partial charge in [0.15, 0.2) is 0 Å². The smallest absolute Gasteiger partial charge is 0.329 e. The average molecular weight is 248 g/mol. The molecule has 0 radical (unpaired) electrons. The minimum absolute atomic E-state index is 0.0670. The largest absolute Gasteiger partial charge is 0.391 e. The molecule has 1 fully saturated rings. The highest BCUT2D eigenvalue weighted by Crippen LogP contribution is 2.41. The van der Waals surface area contributed by atoms with Gasteiger partial charge in [-0.1, -0.05) is 6.42 Å². The Morgan fingerprint density at radius 1 is 1.47 bits per heavy atom. The van der Waals surface area contributed by atoms with E-state index in [1.54, 1.807) is 0 Å². The summed E-state index contributed by atoms with van der Waals surface area (Å²) in [5.41, 5.74) is 5.06. The fraction of sp³-hybridized carbons (Fsp3) is 0.833. The van der Waals surface area contributed by atoms with E-state index in [4.69, 9.17) is 12.2 Å². The minimum Gasteiger partial charge on any atom is -0.329 e. The van der Waals surface area contributed by atoms with E-state index in [1.165, 1.54) is 0 Å². The molecular formula is C12H19F3N2. The van der Waals surface area contributed by atoms with Crippen molar-refractivity contribution in [3.05, 3.63) is 0 Å². The lowest BCUT2D eigenvalue weighted by Gasteiger charge is -2.41. The van der Waals surface area contributed by atoms with Crippen molar-refractivity contribution < 1.29 is 13.2 Å². The van der Waals surface area contributed by atoms with Crippen LogP contribution in [0.25, 0.3) is 0 Å². The molecule has 0 aromatic heterocycles. The lowest BCUT2D eigenvalue weighted by Crippen LogP contribution is -2.55. The van der Waals surface area contributed by atoms with Crippen molar-refractivity contribution in [3.63, 3.8) is 0 Å². The molecule has 1 rings (SSSR count). The van der Waals surface area contributed by atoms with Crippen LogP contribution in [-0.4, -0.2) is 24.8 Å². The van der Waals surface area contributed by atoms with Crippen LogP contribution in [0.1, 0.15) is 32.1 Å². The molecule has 2 unspecified atom stereocenters. The summed E-state index contributed by atoms with van der Waals surface area (Å²) in [5, 5.41) is 3.12. The van der Waals surface area contributed by atoms with E-state index in [0.717, 1.165) is 0 Å². The fourth-order valence-electron chi connectivity index (χ4n) is 2.46. The number of rotatable bonds is 4. The molecule has 1 aliphatic rings. The van der Waals surface area contributed by atoms with Gasteiger partial charge in [0.1, 0.15) is 0 Å². The van der Waals surface area contributed by atoms with E-state index in [1.807, 2.05) is 0 Å². The lowest BCUT2D eigenvalue weighted by molar-refractivity contribution is -0.188. The van der Waals surface area contributed by atoms with Crippen molar-refractivity contribution in [1.29, 1.82) is 0 Å². The van der Waals surface area contributed by atoms with Gasteiger partial charge in [-0.05, 0) is 19.3 Å².